The van der Waals surface area contributed by atoms with Crippen LogP contribution in [0.4, 0.5) is 16.0 Å². The summed E-state index contributed by atoms with van der Waals surface area (Å²) in [6, 6.07) is 15.6. The van der Waals surface area contributed by atoms with E-state index in [0.29, 0.717) is 39.8 Å². The molecule has 6 N–H and O–H groups in total. The molecule has 3 aromatic heterocycles. The number of benzene rings is 2. The van der Waals surface area contributed by atoms with Gasteiger partial charge in [-0.15, -0.1) is 0 Å². The van der Waals surface area contributed by atoms with Crippen molar-refractivity contribution in [2.75, 3.05) is 11.1 Å². The van der Waals surface area contributed by atoms with Crippen LogP contribution in [0.2, 0.25) is 0 Å². The third-order valence-corrected chi connectivity index (χ3v) is 8.36. The highest BCUT2D eigenvalue weighted by Gasteiger charge is 2.47. The highest BCUT2D eigenvalue weighted by Crippen LogP contribution is 2.45. The topological polar surface area (TPSA) is 198 Å². The number of aromatic nitrogens is 5. The molecule has 4 heterocycles. The molecule has 47 heavy (non-hydrogen) atoms. The minimum Gasteiger partial charge on any atom is -0.480 e. The van der Waals surface area contributed by atoms with Gasteiger partial charge in [0.15, 0.2) is 17.5 Å². The Balaban J connectivity index is 1.26. The number of rotatable bonds is 10. The average Bonchev–Trinajstić information content (AvgIpc) is 3.54. The molecule has 0 radical (unpaired) electrons. The summed E-state index contributed by atoms with van der Waals surface area (Å²) in [6.07, 6.45) is 0.671. The van der Waals surface area contributed by atoms with Crippen LogP contribution in [0.25, 0.3) is 22.6 Å². The molecule has 2 aromatic carbocycles. The van der Waals surface area contributed by atoms with Crippen LogP contribution in [0.5, 0.6) is 0 Å². The number of aryl methyl sites for hydroxylation is 1. The van der Waals surface area contributed by atoms with E-state index in [2.05, 4.69) is 30.7 Å². The Morgan fingerprint density at radius 2 is 1.85 bits per heavy atom. The predicted octanol–water partition coefficient (Wildman–Crippen LogP) is 2.80. The molecule has 1 aliphatic heterocycles. The number of nitrogens with one attached hydrogen (secondary N) is 2. The molecule has 13 nitrogen and oxygen atoms in total. The molecule has 0 spiro atoms. The highest BCUT2D eigenvalue weighted by atomic mass is 19.1. The summed E-state index contributed by atoms with van der Waals surface area (Å²) in [4.78, 5) is 50.7. The summed E-state index contributed by atoms with van der Waals surface area (Å²) in [5.41, 5.74) is 8.41. The van der Waals surface area contributed by atoms with Crippen molar-refractivity contribution in [2.45, 2.75) is 50.8 Å². The van der Waals surface area contributed by atoms with Crippen molar-refractivity contribution in [3.05, 3.63) is 94.9 Å². The van der Waals surface area contributed by atoms with Crippen LogP contribution in [-0.2, 0) is 32.8 Å². The largest absolute Gasteiger partial charge is 0.480 e. The van der Waals surface area contributed by atoms with Crippen LogP contribution < -0.4 is 16.4 Å². The van der Waals surface area contributed by atoms with Gasteiger partial charge >= 0.3 is 5.97 Å². The van der Waals surface area contributed by atoms with Crippen molar-refractivity contribution in [1.29, 1.82) is 0 Å². The first-order chi connectivity index (χ1) is 22.5. The summed E-state index contributed by atoms with van der Waals surface area (Å²) in [6.45, 7) is 3.14. The van der Waals surface area contributed by atoms with Gasteiger partial charge < -0.3 is 26.6 Å². The number of halogens is 1. The summed E-state index contributed by atoms with van der Waals surface area (Å²) in [5, 5.41) is 29.2. The number of carboxylic acid groups (broad SMARTS) is 1. The number of hydrogen-bond donors (Lipinski definition) is 5. The van der Waals surface area contributed by atoms with Crippen molar-refractivity contribution in [2.24, 2.45) is 0 Å². The van der Waals surface area contributed by atoms with E-state index < -0.39 is 29.4 Å². The second kappa shape index (κ2) is 12.2. The van der Waals surface area contributed by atoms with Gasteiger partial charge in [0.2, 0.25) is 11.8 Å². The number of aliphatic hydroxyl groups is 1. The summed E-state index contributed by atoms with van der Waals surface area (Å²) in [7, 11) is 0. The summed E-state index contributed by atoms with van der Waals surface area (Å²) < 4.78 is 16.0. The van der Waals surface area contributed by atoms with Crippen LogP contribution in [0.15, 0.2) is 66.9 Å². The first-order valence-electron chi connectivity index (χ1n) is 14.8. The number of carboxylic acids is 1. The Kier molecular flexibility index (Phi) is 8.11. The zero-order valence-electron chi connectivity index (χ0n) is 25.4. The zero-order valence-corrected chi connectivity index (χ0v) is 25.4. The molecular weight excluding hydrogens is 607 g/mol. The molecule has 0 aliphatic carbocycles. The lowest BCUT2D eigenvalue weighted by Gasteiger charge is -2.23. The Morgan fingerprint density at radius 3 is 2.55 bits per heavy atom. The number of aliphatic carboxylic acids is 1. The third kappa shape index (κ3) is 5.74. The van der Waals surface area contributed by atoms with Gasteiger partial charge in [-0.3, -0.25) is 9.59 Å². The lowest BCUT2D eigenvalue weighted by Crippen LogP contribution is -2.47. The van der Waals surface area contributed by atoms with Crippen molar-refractivity contribution in [3.8, 4) is 11.5 Å². The van der Waals surface area contributed by atoms with Gasteiger partial charge in [0.05, 0.1) is 23.6 Å². The Hall–Kier alpha value is -5.76. The molecular formula is C33H31FN8O5. The van der Waals surface area contributed by atoms with Crippen molar-refractivity contribution >= 4 is 40.5 Å². The van der Waals surface area contributed by atoms with E-state index in [4.69, 9.17) is 5.73 Å². The summed E-state index contributed by atoms with van der Waals surface area (Å²) in [5.74, 6) is -2.06. The van der Waals surface area contributed by atoms with Gasteiger partial charge in [-0.25, -0.2) is 28.8 Å². The number of nitrogen functional groups attached to an aromatic ring is 1. The number of nitrogens with two attached hydrogens (primary N) is 1. The first-order valence-corrected chi connectivity index (χ1v) is 14.8. The Morgan fingerprint density at radius 1 is 1.11 bits per heavy atom. The molecule has 0 fully saturated rings. The molecule has 1 aliphatic rings. The van der Waals surface area contributed by atoms with E-state index in [1.807, 2.05) is 0 Å². The van der Waals surface area contributed by atoms with Crippen molar-refractivity contribution in [1.82, 2.24) is 30.0 Å². The van der Waals surface area contributed by atoms with Crippen molar-refractivity contribution < 1.29 is 29.0 Å². The fourth-order valence-corrected chi connectivity index (χ4v) is 5.76. The molecule has 3 atom stereocenters. The number of nitrogens with zero attached hydrogens (tertiary/aromatic N) is 5. The number of carbonyl (C=O) groups is 3. The van der Waals surface area contributed by atoms with Gasteiger partial charge in [0, 0.05) is 18.2 Å². The highest BCUT2D eigenvalue weighted by molar-refractivity contribution is 6.09. The number of anilines is 2. The minimum absolute atomic E-state index is 0.000250. The standard InChI is InChI=1S/C33H31FN8O5/c1-17(43)25(31(45)46)37-23(44)14-11-18-9-12-20(13-10-18)33(2)24-27(35)38-29(39-28(24)40-32(33)47)26-21-7-5-15-36-30(21)42(41-26)16-19-6-3-4-8-22(19)34/h3-10,12-13,15,17,25,43H,11,14,16H2,1-2H3,(H,37,44)(H,45,46)(H3,35,38,39,40,47)/t17?,25-,33?/m1/s1. The summed E-state index contributed by atoms with van der Waals surface area (Å²) >= 11 is 0. The van der Waals surface area contributed by atoms with Gasteiger partial charge in [-0.05, 0) is 49.6 Å². The number of pyridine rings is 1. The van der Waals surface area contributed by atoms with Crippen LogP contribution in [0, 0.1) is 5.82 Å². The van der Waals surface area contributed by atoms with Gasteiger partial charge in [0.1, 0.15) is 28.6 Å². The molecule has 5 aromatic rings. The predicted molar refractivity (Wildman–Crippen MR) is 170 cm³/mol. The number of amides is 2. The van der Waals surface area contributed by atoms with Gasteiger partial charge in [-0.2, -0.15) is 5.10 Å². The van der Waals surface area contributed by atoms with Crippen LogP contribution in [0.1, 0.15) is 42.5 Å². The van der Waals surface area contributed by atoms with Gasteiger partial charge in [0.25, 0.3) is 0 Å². The maximum absolute atomic E-state index is 14.5. The van der Waals surface area contributed by atoms with Crippen LogP contribution >= 0.6 is 0 Å². The van der Waals surface area contributed by atoms with Crippen molar-refractivity contribution in [3.63, 3.8) is 0 Å². The Labute approximate surface area is 267 Å². The van der Waals surface area contributed by atoms with E-state index in [1.54, 1.807) is 72.4 Å². The maximum atomic E-state index is 14.5. The zero-order chi connectivity index (χ0) is 33.5. The molecule has 2 amide bonds. The van der Waals surface area contributed by atoms with Gasteiger partial charge in [-0.1, -0.05) is 42.5 Å². The minimum atomic E-state index is -1.40. The fourth-order valence-electron chi connectivity index (χ4n) is 5.76. The molecule has 2 unspecified atom stereocenters. The third-order valence-electron chi connectivity index (χ3n) is 8.36. The molecule has 240 valence electrons. The first kappa shape index (κ1) is 31.2. The number of hydrogen-bond acceptors (Lipinski definition) is 9. The fraction of sp³-hybridized carbons (Fsp3) is 0.242. The Bertz CT molecular complexity index is 2030. The van der Waals surface area contributed by atoms with E-state index in [0.717, 1.165) is 5.56 Å². The monoisotopic (exact) mass is 638 g/mol. The molecule has 14 heteroatoms. The maximum Gasteiger partial charge on any atom is 0.328 e. The number of carbonyl (C=O) groups excluding carboxylic acids is 2. The molecule has 0 saturated carbocycles. The lowest BCUT2D eigenvalue weighted by atomic mass is 9.77. The van der Waals surface area contributed by atoms with Crippen LogP contribution in [0.3, 0.4) is 0 Å². The molecule has 6 rings (SSSR count). The van der Waals surface area contributed by atoms with E-state index >= 15 is 0 Å². The smallest absolute Gasteiger partial charge is 0.328 e. The molecule has 0 bridgehead atoms. The number of aliphatic hydroxyl groups excluding tert-OH is 1. The quantitative estimate of drug-likeness (QED) is 0.152. The lowest BCUT2D eigenvalue weighted by molar-refractivity contribution is -0.144. The van der Waals surface area contributed by atoms with E-state index in [1.165, 1.54) is 13.0 Å². The van der Waals surface area contributed by atoms with E-state index in [-0.39, 0.29) is 42.2 Å². The SMILES string of the molecule is CC(O)[C@@H](NC(=O)CCc1ccc(C2(C)C(=O)Nc3nc(-c4nn(Cc5ccccc5F)c5ncccc45)nc(N)c32)cc1)C(=O)O. The van der Waals surface area contributed by atoms with Crippen LogP contribution in [-0.4, -0.2) is 64.9 Å². The van der Waals surface area contributed by atoms with E-state index in [9.17, 15) is 29.0 Å². The second-order valence-electron chi connectivity index (χ2n) is 11.5. The second-order valence-corrected chi connectivity index (χ2v) is 11.5. The molecule has 0 saturated heterocycles. The number of fused-ring (bicyclic) bond motifs is 2. The average molecular weight is 639 g/mol. The normalized spacial score (nSPS) is 16.8.